The SMILES string of the molecule is CNc1nc2[nH]c(-c3cccc(C(C)NC(C)=O)c3)cc2c2c1ncn2C. The Morgan fingerprint density at radius 2 is 2.11 bits per heavy atom. The molecule has 0 aliphatic heterocycles. The third-order valence-corrected chi connectivity index (χ3v) is 4.79. The Balaban J connectivity index is 1.84. The second-order valence-electron chi connectivity index (χ2n) is 6.76. The van der Waals surface area contributed by atoms with E-state index >= 15 is 0 Å². The number of nitrogens with zero attached hydrogens (tertiary/aromatic N) is 3. The van der Waals surface area contributed by atoms with Crippen molar-refractivity contribution in [2.45, 2.75) is 19.9 Å². The van der Waals surface area contributed by atoms with E-state index in [2.05, 4.69) is 37.7 Å². The number of pyridine rings is 1. The number of anilines is 1. The molecule has 0 aliphatic rings. The van der Waals surface area contributed by atoms with Crippen LogP contribution in [-0.4, -0.2) is 32.5 Å². The molecule has 3 aromatic heterocycles. The normalized spacial score (nSPS) is 12.4. The third-order valence-electron chi connectivity index (χ3n) is 4.79. The van der Waals surface area contributed by atoms with Crippen LogP contribution in [0.25, 0.3) is 33.3 Å². The second-order valence-corrected chi connectivity index (χ2v) is 6.76. The second kappa shape index (κ2) is 6.42. The molecule has 0 fully saturated rings. The molecule has 0 spiro atoms. The summed E-state index contributed by atoms with van der Waals surface area (Å²) < 4.78 is 2.01. The fourth-order valence-electron chi connectivity index (χ4n) is 3.49. The number of amides is 1. The summed E-state index contributed by atoms with van der Waals surface area (Å²) in [6, 6.07) is 10.2. The van der Waals surface area contributed by atoms with Gasteiger partial charge in [0, 0.05) is 32.1 Å². The fourth-order valence-corrected chi connectivity index (χ4v) is 3.49. The molecule has 4 rings (SSSR count). The monoisotopic (exact) mass is 362 g/mol. The van der Waals surface area contributed by atoms with Crippen LogP contribution in [0, 0.1) is 0 Å². The smallest absolute Gasteiger partial charge is 0.217 e. The van der Waals surface area contributed by atoms with Crippen LogP contribution in [0.4, 0.5) is 5.82 Å². The maximum Gasteiger partial charge on any atom is 0.217 e. The van der Waals surface area contributed by atoms with Gasteiger partial charge in [0.15, 0.2) is 5.82 Å². The molecule has 0 saturated heterocycles. The van der Waals surface area contributed by atoms with Crippen molar-refractivity contribution in [2.24, 2.45) is 7.05 Å². The maximum absolute atomic E-state index is 11.4. The van der Waals surface area contributed by atoms with Gasteiger partial charge in [0.05, 0.1) is 17.9 Å². The standard InChI is InChI=1S/C20H22N6O/c1-11(23-12(2)27)13-6-5-7-14(8-13)16-9-15-18-17(22-10-26(18)4)20(21-3)25-19(15)24-16/h5-11H,1-4H3,(H,23,27)(H2,21,24,25). The van der Waals surface area contributed by atoms with Gasteiger partial charge in [0.2, 0.25) is 5.91 Å². The van der Waals surface area contributed by atoms with Gasteiger partial charge in [-0.15, -0.1) is 0 Å². The van der Waals surface area contributed by atoms with Crippen LogP contribution in [0.2, 0.25) is 0 Å². The molecule has 0 aliphatic carbocycles. The summed E-state index contributed by atoms with van der Waals surface area (Å²) in [5, 5.41) is 7.07. The molecule has 0 bridgehead atoms. The lowest BCUT2D eigenvalue weighted by molar-refractivity contribution is -0.119. The Kier molecular flexibility index (Phi) is 4.07. The molecular formula is C20H22N6O. The van der Waals surface area contributed by atoms with E-state index in [1.54, 1.807) is 6.33 Å². The number of aromatic nitrogens is 4. The van der Waals surface area contributed by atoms with Gasteiger partial charge in [0.25, 0.3) is 0 Å². The number of nitrogens with one attached hydrogen (secondary N) is 3. The highest BCUT2D eigenvalue weighted by molar-refractivity contribution is 6.07. The molecule has 3 N–H and O–H groups in total. The van der Waals surface area contributed by atoms with E-state index in [4.69, 9.17) is 0 Å². The van der Waals surface area contributed by atoms with Crippen molar-refractivity contribution in [2.75, 3.05) is 12.4 Å². The van der Waals surface area contributed by atoms with E-state index in [1.165, 1.54) is 6.92 Å². The number of hydrogen-bond acceptors (Lipinski definition) is 4. The van der Waals surface area contributed by atoms with Gasteiger partial charge in [-0.25, -0.2) is 9.97 Å². The quantitative estimate of drug-likeness (QED) is 0.519. The van der Waals surface area contributed by atoms with Crippen LogP contribution in [-0.2, 0) is 11.8 Å². The molecule has 4 aromatic rings. The summed E-state index contributed by atoms with van der Waals surface area (Å²) in [6.07, 6.45) is 1.80. The molecule has 1 aromatic carbocycles. The summed E-state index contributed by atoms with van der Waals surface area (Å²) in [6.45, 7) is 3.51. The highest BCUT2D eigenvalue weighted by atomic mass is 16.1. The molecule has 7 nitrogen and oxygen atoms in total. The predicted molar refractivity (Wildman–Crippen MR) is 108 cm³/mol. The molecule has 3 heterocycles. The van der Waals surface area contributed by atoms with E-state index in [1.807, 2.05) is 43.8 Å². The summed E-state index contributed by atoms with van der Waals surface area (Å²) in [5.41, 5.74) is 5.77. The first-order chi connectivity index (χ1) is 13.0. The van der Waals surface area contributed by atoms with E-state index < -0.39 is 0 Å². The molecule has 27 heavy (non-hydrogen) atoms. The van der Waals surface area contributed by atoms with Crippen molar-refractivity contribution in [3.05, 3.63) is 42.2 Å². The zero-order chi connectivity index (χ0) is 19.1. The maximum atomic E-state index is 11.4. The van der Waals surface area contributed by atoms with E-state index in [0.717, 1.165) is 44.7 Å². The lowest BCUT2D eigenvalue weighted by atomic mass is 10.0. The summed E-state index contributed by atoms with van der Waals surface area (Å²) in [4.78, 5) is 23.9. The zero-order valence-corrected chi connectivity index (χ0v) is 15.8. The van der Waals surface area contributed by atoms with E-state index in [0.29, 0.717) is 0 Å². The van der Waals surface area contributed by atoms with Crippen molar-refractivity contribution in [1.82, 2.24) is 24.8 Å². The number of hydrogen-bond donors (Lipinski definition) is 3. The topological polar surface area (TPSA) is 87.6 Å². The summed E-state index contributed by atoms with van der Waals surface area (Å²) >= 11 is 0. The Hall–Kier alpha value is -3.35. The zero-order valence-electron chi connectivity index (χ0n) is 15.8. The van der Waals surface area contributed by atoms with Gasteiger partial charge in [-0.2, -0.15) is 0 Å². The largest absolute Gasteiger partial charge is 0.371 e. The van der Waals surface area contributed by atoms with Gasteiger partial charge in [-0.1, -0.05) is 18.2 Å². The number of fused-ring (bicyclic) bond motifs is 3. The minimum Gasteiger partial charge on any atom is -0.371 e. The first kappa shape index (κ1) is 17.1. The van der Waals surface area contributed by atoms with Gasteiger partial charge in [0.1, 0.15) is 11.2 Å². The molecule has 138 valence electrons. The van der Waals surface area contributed by atoms with Crippen molar-refractivity contribution in [3.8, 4) is 11.3 Å². The summed E-state index contributed by atoms with van der Waals surface area (Å²) in [5.74, 6) is 0.709. The lowest BCUT2D eigenvalue weighted by Crippen LogP contribution is -2.23. The number of H-pyrrole nitrogens is 1. The minimum atomic E-state index is -0.0513. The number of carbonyl (C=O) groups excluding carboxylic acids is 1. The number of aromatic amines is 1. The number of imidazole rings is 1. The van der Waals surface area contributed by atoms with Crippen LogP contribution in [0.3, 0.4) is 0 Å². The van der Waals surface area contributed by atoms with Crippen molar-refractivity contribution in [3.63, 3.8) is 0 Å². The Morgan fingerprint density at radius 1 is 1.30 bits per heavy atom. The van der Waals surface area contributed by atoms with Gasteiger partial charge < -0.3 is 20.2 Å². The number of carbonyl (C=O) groups is 1. The average Bonchev–Trinajstić information content (AvgIpc) is 3.24. The number of rotatable bonds is 4. The third kappa shape index (κ3) is 2.91. The van der Waals surface area contributed by atoms with Gasteiger partial charge in [-0.05, 0) is 30.2 Å². The Bertz CT molecular complexity index is 1160. The first-order valence-electron chi connectivity index (χ1n) is 8.87. The molecule has 1 amide bonds. The number of benzene rings is 1. The molecule has 7 heteroatoms. The molecule has 1 atom stereocenters. The van der Waals surface area contributed by atoms with Crippen LogP contribution in [0.1, 0.15) is 25.5 Å². The average molecular weight is 362 g/mol. The Labute approximate surface area is 156 Å². The highest BCUT2D eigenvalue weighted by Crippen LogP contribution is 2.32. The van der Waals surface area contributed by atoms with E-state index in [9.17, 15) is 4.79 Å². The fraction of sp³-hybridized carbons (Fsp3) is 0.250. The molecule has 1 unspecified atom stereocenters. The highest BCUT2D eigenvalue weighted by Gasteiger charge is 2.15. The van der Waals surface area contributed by atoms with Crippen LogP contribution in [0.15, 0.2) is 36.7 Å². The van der Waals surface area contributed by atoms with Crippen LogP contribution < -0.4 is 10.6 Å². The first-order valence-corrected chi connectivity index (χ1v) is 8.87. The van der Waals surface area contributed by atoms with Crippen molar-refractivity contribution in [1.29, 1.82) is 0 Å². The predicted octanol–water partition coefficient (Wildman–Crippen LogP) is 3.36. The van der Waals surface area contributed by atoms with E-state index in [-0.39, 0.29) is 11.9 Å². The van der Waals surface area contributed by atoms with Crippen molar-refractivity contribution >= 4 is 33.8 Å². The van der Waals surface area contributed by atoms with Gasteiger partial charge >= 0.3 is 0 Å². The molecule has 0 radical (unpaired) electrons. The molecular weight excluding hydrogens is 340 g/mol. The Morgan fingerprint density at radius 3 is 2.85 bits per heavy atom. The molecule has 0 saturated carbocycles. The van der Waals surface area contributed by atoms with Crippen LogP contribution >= 0.6 is 0 Å². The summed E-state index contributed by atoms with van der Waals surface area (Å²) in [7, 11) is 3.83. The van der Waals surface area contributed by atoms with Crippen molar-refractivity contribution < 1.29 is 4.79 Å². The number of aryl methyl sites for hydroxylation is 1. The lowest BCUT2D eigenvalue weighted by Gasteiger charge is -2.13. The van der Waals surface area contributed by atoms with Gasteiger partial charge in [-0.3, -0.25) is 4.79 Å². The minimum absolute atomic E-state index is 0.0408. The van der Waals surface area contributed by atoms with Crippen LogP contribution in [0.5, 0.6) is 0 Å².